The molecular weight excluding hydrogens is 250 g/mol. The number of rotatable bonds is 1. The third-order valence-corrected chi connectivity index (χ3v) is 4.04. The molecule has 2 atom stereocenters. The number of hydrogen-bond donors (Lipinski definition) is 1. The van der Waals surface area contributed by atoms with Gasteiger partial charge in [0.05, 0.1) is 22.9 Å². The van der Waals surface area contributed by atoms with Gasteiger partial charge in [0, 0.05) is 24.7 Å². The lowest BCUT2D eigenvalue weighted by Crippen LogP contribution is -2.42. The minimum absolute atomic E-state index is 0.210. The van der Waals surface area contributed by atoms with Gasteiger partial charge < -0.3 is 10.0 Å². The van der Waals surface area contributed by atoms with Gasteiger partial charge in [-0.25, -0.2) is 0 Å². The topological polar surface area (TPSA) is 60.2 Å². The summed E-state index contributed by atoms with van der Waals surface area (Å²) in [6.45, 7) is 3.59. The van der Waals surface area contributed by atoms with E-state index in [1.807, 2.05) is 31.2 Å². The third-order valence-electron chi connectivity index (χ3n) is 4.04. The van der Waals surface area contributed by atoms with Crippen LogP contribution >= 0.6 is 0 Å². The van der Waals surface area contributed by atoms with Crippen molar-refractivity contribution in [2.75, 3.05) is 18.0 Å². The minimum atomic E-state index is -0.245. The van der Waals surface area contributed by atoms with E-state index in [-0.39, 0.29) is 12.0 Å². The van der Waals surface area contributed by atoms with Gasteiger partial charge in [-0.15, -0.1) is 0 Å². The standard InChI is InChI=1S/C16H17N3O/c1-11-10-19(7-6-15(11)20)16-12(8-17)9-18-14-5-3-2-4-13(14)16/h2-5,9,11,15,20H,6-7,10H2,1H3. The average Bonchev–Trinajstić information content (AvgIpc) is 2.49. The molecule has 20 heavy (non-hydrogen) atoms. The normalized spacial score (nSPS) is 22.8. The first kappa shape index (κ1) is 12.9. The van der Waals surface area contributed by atoms with Crippen LogP contribution in [0.2, 0.25) is 0 Å². The number of aliphatic hydroxyl groups is 1. The maximum absolute atomic E-state index is 9.88. The second-order valence-electron chi connectivity index (χ2n) is 5.43. The second-order valence-corrected chi connectivity index (χ2v) is 5.43. The van der Waals surface area contributed by atoms with E-state index in [9.17, 15) is 10.4 Å². The number of piperidine rings is 1. The molecule has 1 aliphatic heterocycles. The largest absolute Gasteiger partial charge is 0.393 e. The van der Waals surface area contributed by atoms with Crippen molar-refractivity contribution >= 4 is 16.6 Å². The van der Waals surface area contributed by atoms with Gasteiger partial charge in [0.25, 0.3) is 0 Å². The molecule has 4 heteroatoms. The molecule has 4 nitrogen and oxygen atoms in total. The van der Waals surface area contributed by atoms with Crippen molar-refractivity contribution in [2.24, 2.45) is 5.92 Å². The number of hydrogen-bond acceptors (Lipinski definition) is 4. The van der Waals surface area contributed by atoms with E-state index in [1.165, 1.54) is 0 Å². The lowest BCUT2D eigenvalue weighted by molar-refractivity contribution is 0.0971. The molecule has 1 aromatic carbocycles. The number of aliphatic hydroxyl groups excluding tert-OH is 1. The van der Waals surface area contributed by atoms with Gasteiger partial charge in [0.15, 0.2) is 0 Å². The van der Waals surface area contributed by atoms with Crippen molar-refractivity contribution in [3.63, 3.8) is 0 Å². The van der Waals surface area contributed by atoms with Crippen LogP contribution < -0.4 is 4.90 Å². The van der Waals surface area contributed by atoms with E-state index in [4.69, 9.17) is 0 Å². The summed E-state index contributed by atoms with van der Waals surface area (Å²) in [5.74, 6) is 0.210. The highest BCUT2D eigenvalue weighted by Gasteiger charge is 2.26. The fraction of sp³-hybridized carbons (Fsp3) is 0.375. The van der Waals surface area contributed by atoms with Crippen LogP contribution in [0, 0.1) is 17.2 Å². The van der Waals surface area contributed by atoms with Gasteiger partial charge in [-0.2, -0.15) is 5.26 Å². The van der Waals surface area contributed by atoms with E-state index in [2.05, 4.69) is 16.0 Å². The zero-order valence-electron chi connectivity index (χ0n) is 11.5. The van der Waals surface area contributed by atoms with E-state index >= 15 is 0 Å². The van der Waals surface area contributed by atoms with Crippen LogP contribution in [0.3, 0.4) is 0 Å². The van der Waals surface area contributed by atoms with Crippen LogP contribution in [-0.2, 0) is 0 Å². The molecule has 102 valence electrons. The number of fused-ring (bicyclic) bond motifs is 1. The number of pyridine rings is 1. The molecule has 0 amide bonds. The molecular formula is C16H17N3O. The summed E-state index contributed by atoms with van der Waals surface area (Å²) in [4.78, 5) is 6.55. The van der Waals surface area contributed by atoms with Crippen LogP contribution in [0.15, 0.2) is 30.5 Å². The highest BCUT2D eigenvalue weighted by atomic mass is 16.3. The highest BCUT2D eigenvalue weighted by Crippen LogP contribution is 2.32. The minimum Gasteiger partial charge on any atom is -0.393 e. The number of para-hydroxylation sites is 1. The Morgan fingerprint density at radius 2 is 2.20 bits per heavy atom. The monoisotopic (exact) mass is 267 g/mol. The first-order valence-electron chi connectivity index (χ1n) is 6.91. The Hall–Kier alpha value is -2.12. The van der Waals surface area contributed by atoms with Gasteiger partial charge in [-0.05, 0) is 18.4 Å². The number of aromatic nitrogens is 1. The van der Waals surface area contributed by atoms with Crippen LogP contribution in [0.4, 0.5) is 5.69 Å². The summed E-state index contributed by atoms with van der Waals surface area (Å²) in [7, 11) is 0. The van der Waals surface area contributed by atoms with E-state index in [0.29, 0.717) is 5.56 Å². The molecule has 1 aromatic heterocycles. The van der Waals surface area contributed by atoms with Crippen molar-refractivity contribution in [1.29, 1.82) is 5.26 Å². The molecule has 1 fully saturated rings. The lowest BCUT2D eigenvalue weighted by Gasteiger charge is -2.36. The van der Waals surface area contributed by atoms with E-state index in [0.717, 1.165) is 36.1 Å². The van der Waals surface area contributed by atoms with Crippen molar-refractivity contribution < 1.29 is 5.11 Å². The first-order valence-corrected chi connectivity index (χ1v) is 6.91. The highest BCUT2D eigenvalue weighted by molar-refractivity contribution is 5.94. The number of anilines is 1. The quantitative estimate of drug-likeness (QED) is 0.861. The molecule has 0 radical (unpaired) electrons. The van der Waals surface area contributed by atoms with E-state index in [1.54, 1.807) is 6.20 Å². The fourth-order valence-electron chi connectivity index (χ4n) is 2.89. The summed E-state index contributed by atoms with van der Waals surface area (Å²) in [6.07, 6.45) is 2.14. The van der Waals surface area contributed by atoms with Crippen molar-refractivity contribution in [3.8, 4) is 6.07 Å². The Balaban J connectivity index is 2.12. The van der Waals surface area contributed by atoms with Crippen LogP contribution in [0.1, 0.15) is 18.9 Å². The van der Waals surface area contributed by atoms with Crippen molar-refractivity contribution in [1.82, 2.24) is 4.98 Å². The molecule has 3 rings (SSSR count). The molecule has 1 N–H and O–H groups in total. The van der Waals surface area contributed by atoms with Crippen molar-refractivity contribution in [3.05, 3.63) is 36.0 Å². The molecule has 0 aliphatic carbocycles. The molecule has 0 bridgehead atoms. The Morgan fingerprint density at radius 3 is 2.95 bits per heavy atom. The van der Waals surface area contributed by atoms with Crippen LogP contribution in [0.25, 0.3) is 10.9 Å². The Bertz CT molecular complexity index is 677. The second kappa shape index (κ2) is 5.10. The van der Waals surface area contributed by atoms with Crippen LogP contribution in [0.5, 0.6) is 0 Å². The summed E-state index contributed by atoms with van der Waals surface area (Å²) in [5.41, 5.74) is 2.46. The molecule has 0 spiro atoms. The molecule has 2 unspecified atom stereocenters. The molecule has 2 heterocycles. The Labute approximate surface area is 118 Å². The predicted molar refractivity (Wildman–Crippen MR) is 78.5 cm³/mol. The first-order chi connectivity index (χ1) is 9.70. The number of nitriles is 1. The van der Waals surface area contributed by atoms with Gasteiger partial charge in [-0.1, -0.05) is 25.1 Å². The predicted octanol–water partition coefficient (Wildman–Crippen LogP) is 2.31. The summed E-state index contributed by atoms with van der Waals surface area (Å²) >= 11 is 0. The van der Waals surface area contributed by atoms with E-state index < -0.39 is 0 Å². The summed E-state index contributed by atoms with van der Waals surface area (Å²) < 4.78 is 0. The number of nitrogens with zero attached hydrogens (tertiary/aromatic N) is 3. The smallest absolute Gasteiger partial charge is 0.103 e. The van der Waals surface area contributed by atoms with Gasteiger partial charge in [-0.3, -0.25) is 4.98 Å². The molecule has 2 aromatic rings. The molecule has 0 saturated carbocycles. The molecule has 1 aliphatic rings. The Morgan fingerprint density at radius 1 is 1.40 bits per heavy atom. The average molecular weight is 267 g/mol. The fourth-order valence-corrected chi connectivity index (χ4v) is 2.89. The zero-order chi connectivity index (χ0) is 14.1. The summed E-state index contributed by atoms with van der Waals surface area (Å²) in [6, 6.07) is 10.1. The van der Waals surface area contributed by atoms with Crippen LogP contribution in [-0.4, -0.2) is 29.3 Å². The third kappa shape index (κ3) is 2.10. The summed E-state index contributed by atoms with van der Waals surface area (Å²) in [5, 5.41) is 20.2. The van der Waals surface area contributed by atoms with Gasteiger partial charge >= 0.3 is 0 Å². The maximum Gasteiger partial charge on any atom is 0.103 e. The Kier molecular flexibility index (Phi) is 3.29. The van der Waals surface area contributed by atoms with Crippen molar-refractivity contribution in [2.45, 2.75) is 19.4 Å². The van der Waals surface area contributed by atoms with Gasteiger partial charge in [0.2, 0.25) is 0 Å². The molecule has 1 saturated heterocycles. The lowest BCUT2D eigenvalue weighted by atomic mass is 9.95. The zero-order valence-corrected chi connectivity index (χ0v) is 11.5. The van der Waals surface area contributed by atoms with Gasteiger partial charge in [0.1, 0.15) is 6.07 Å². The SMILES string of the molecule is CC1CN(c2c(C#N)cnc3ccccc23)CCC1O. The number of benzene rings is 1. The maximum atomic E-state index is 9.88.